The van der Waals surface area contributed by atoms with Gasteiger partial charge < -0.3 is 14.4 Å². The first-order valence-electron chi connectivity index (χ1n) is 41.4. The van der Waals surface area contributed by atoms with Crippen molar-refractivity contribution < 1.29 is 0 Å². The van der Waals surface area contributed by atoms with E-state index in [-0.39, 0.29) is 33.8 Å². The van der Waals surface area contributed by atoms with Crippen LogP contribution < -0.4 is 26.2 Å². The van der Waals surface area contributed by atoms with Crippen LogP contribution in [0.5, 0.6) is 0 Å². The van der Waals surface area contributed by atoms with Gasteiger partial charge in [-0.1, -0.05) is 359 Å². The Balaban J connectivity index is 0.953. The van der Waals surface area contributed by atoms with Crippen LogP contribution in [0.25, 0.3) is 105 Å². The average molecular weight is 1480 g/mol. The van der Waals surface area contributed by atoms with Crippen molar-refractivity contribution in [2.45, 2.75) is 136 Å². The van der Waals surface area contributed by atoms with E-state index in [0.717, 1.165) is 45.3 Å². The minimum absolute atomic E-state index is 0.106. The van der Waals surface area contributed by atoms with Gasteiger partial charge in [0.2, 0.25) is 0 Å². The summed E-state index contributed by atoms with van der Waals surface area (Å²) in [6.45, 7) is 35.4. The van der Waals surface area contributed by atoms with Crippen LogP contribution in [-0.4, -0.2) is 11.3 Å². The first-order chi connectivity index (χ1) is 55.2. The fourth-order valence-corrected chi connectivity index (χ4v) is 19.8. The van der Waals surface area contributed by atoms with Crippen LogP contribution in [0.1, 0.15) is 154 Å². The van der Waals surface area contributed by atoms with Crippen LogP contribution in [0.3, 0.4) is 0 Å². The quantitative estimate of drug-likeness (QED) is 0.141. The van der Waals surface area contributed by atoms with E-state index >= 15 is 0 Å². The second-order valence-electron chi connectivity index (χ2n) is 38.0. The third kappa shape index (κ3) is 11.2. The molecule has 0 atom stereocenters. The van der Waals surface area contributed by atoms with Crippen molar-refractivity contribution in [3.05, 3.63) is 372 Å². The minimum atomic E-state index is -0.571. The van der Waals surface area contributed by atoms with E-state index in [1.165, 1.54) is 161 Å². The van der Waals surface area contributed by atoms with E-state index in [0.29, 0.717) is 0 Å². The number of benzene rings is 15. The van der Waals surface area contributed by atoms with Crippen molar-refractivity contribution in [3.63, 3.8) is 0 Å². The molecule has 0 unspecified atom stereocenters. The van der Waals surface area contributed by atoms with E-state index in [2.05, 4.69) is 440 Å². The molecule has 0 N–H and O–H groups in total. The number of aromatic nitrogens is 1. The Morgan fingerprint density at radius 3 is 1.05 bits per heavy atom. The maximum atomic E-state index is 2.77. The third-order valence-corrected chi connectivity index (χ3v) is 25.7. The Kier molecular flexibility index (Phi) is 16.2. The molecule has 115 heavy (non-hydrogen) atoms. The SMILES string of the molecule is CC(C)(C)c1cc(-c2ccc3c(c2)N(c2c(-c4ccccc4)cc(C(C)(C)C)cc2-c2ccccc2)c2cc(C(C)(C)C)cc4c2B3c2ccc(-n3c5ccccc5c5c6c(ccc53)-c3ccccc3C63c5ccccc5-c5ccccc53)cc2N4c2c(-c3ccccc3)cc(C(C)(C)C)cc2-c2ccccc2)cc(C(C)(C)C)c1. The summed E-state index contributed by atoms with van der Waals surface area (Å²) >= 11 is 0. The summed E-state index contributed by atoms with van der Waals surface area (Å²) in [7, 11) is 0. The Hall–Kier alpha value is -12.2. The molecule has 0 saturated heterocycles. The largest absolute Gasteiger partial charge is 0.310 e. The number of anilines is 6. The molecule has 0 saturated carbocycles. The van der Waals surface area contributed by atoms with Gasteiger partial charge in [0, 0.05) is 61.5 Å². The molecule has 3 heterocycles. The molecule has 3 nitrogen and oxygen atoms in total. The summed E-state index contributed by atoms with van der Waals surface area (Å²) in [6, 6.07) is 125. The van der Waals surface area contributed by atoms with Crippen LogP contribution in [0.2, 0.25) is 0 Å². The first kappa shape index (κ1) is 71.8. The highest BCUT2D eigenvalue weighted by molar-refractivity contribution is 7.00. The predicted molar refractivity (Wildman–Crippen MR) is 492 cm³/mol. The monoisotopic (exact) mass is 1480 g/mol. The van der Waals surface area contributed by atoms with Crippen LogP contribution in [0.4, 0.5) is 34.1 Å². The number of fused-ring (bicyclic) bond motifs is 18. The Labute approximate surface area is 680 Å². The molecule has 0 bridgehead atoms. The van der Waals surface area contributed by atoms with Crippen molar-refractivity contribution in [3.8, 4) is 83.6 Å². The van der Waals surface area contributed by atoms with Gasteiger partial charge in [0.1, 0.15) is 0 Å². The van der Waals surface area contributed by atoms with E-state index in [1.807, 2.05) is 0 Å². The van der Waals surface area contributed by atoms with E-state index in [1.54, 1.807) is 0 Å². The van der Waals surface area contributed by atoms with Crippen molar-refractivity contribution in [2.75, 3.05) is 9.80 Å². The third-order valence-electron chi connectivity index (χ3n) is 25.7. The van der Waals surface area contributed by atoms with Gasteiger partial charge >= 0.3 is 0 Å². The second-order valence-corrected chi connectivity index (χ2v) is 38.0. The van der Waals surface area contributed by atoms with Crippen molar-refractivity contribution >= 4 is 79.0 Å². The number of para-hydroxylation sites is 1. The zero-order valence-corrected chi connectivity index (χ0v) is 69.0. The van der Waals surface area contributed by atoms with Crippen LogP contribution in [0.15, 0.2) is 322 Å². The highest BCUT2D eigenvalue weighted by Crippen LogP contribution is 2.65. The molecular weight excluding hydrogens is 1390 g/mol. The fourth-order valence-electron chi connectivity index (χ4n) is 19.8. The zero-order valence-electron chi connectivity index (χ0n) is 69.0. The highest BCUT2D eigenvalue weighted by atomic mass is 15.2. The maximum Gasteiger partial charge on any atom is 0.252 e. The lowest BCUT2D eigenvalue weighted by molar-refractivity contribution is 0.569. The lowest BCUT2D eigenvalue weighted by Gasteiger charge is -2.47. The number of hydrogen-bond acceptors (Lipinski definition) is 2. The molecule has 4 heteroatoms. The van der Waals surface area contributed by atoms with Gasteiger partial charge in [-0.2, -0.15) is 0 Å². The number of hydrogen-bond donors (Lipinski definition) is 0. The molecule has 2 aliphatic carbocycles. The van der Waals surface area contributed by atoms with E-state index in [4.69, 9.17) is 0 Å². The molecule has 1 aromatic heterocycles. The summed E-state index contributed by atoms with van der Waals surface area (Å²) < 4.78 is 2.62. The average Bonchev–Trinajstić information content (AvgIpc) is 1.55. The van der Waals surface area contributed by atoms with Gasteiger partial charge in [-0.15, -0.1) is 0 Å². The van der Waals surface area contributed by atoms with Crippen LogP contribution in [0, 0.1) is 0 Å². The smallest absolute Gasteiger partial charge is 0.252 e. The molecule has 1 spiro atoms. The fraction of sp³-hybridized carbons (Fsp3) is 0.189. The summed E-state index contributed by atoms with van der Waals surface area (Å²) in [5.41, 5.74) is 41.3. The Morgan fingerprint density at radius 2 is 0.617 bits per heavy atom. The van der Waals surface area contributed by atoms with E-state index in [9.17, 15) is 0 Å². The molecule has 560 valence electrons. The van der Waals surface area contributed by atoms with Crippen LogP contribution >= 0.6 is 0 Å². The maximum absolute atomic E-state index is 2.77. The van der Waals surface area contributed by atoms with Gasteiger partial charge in [-0.25, -0.2) is 0 Å². The van der Waals surface area contributed by atoms with Gasteiger partial charge in [-0.3, -0.25) is 0 Å². The summed E-state index contributed by atoms with van der Waals surface area (Å²) in [5, 5.41) is 2.52. The Bertz CT molecular complexity index is 6440. The predicted octanol–water partition coefficient (Wildman–Crippen LogP) is 28.0. The minimum Gasteiger partial charge on any atom is -0.310 e. The molecule has 15 aromatic carbocycles. The number of nitrogens with zero attached hydrogens (tertiary/aromatic N) is 3. The Morgan fingerprint density at radius 1 is 0.252 bits per heavy atom. The van der Waals surface area contributed by atoms with Gasteiger partial charge in [0.15, 0.2) is 0 Å². The first-order valence-corrected chi connectivity index (χ1v) is 41.4. The van der Waals surface area contributed by atoms with Gasteiger partial charge in [-0.05, 0) is 216 Å². The number of rotatable bonds is 8. The standard InChI is InChI=1S/C111H98BN3/c1-106(2,3)75-58-74(59-76(61-75)107(4,5)6)73-52-55-93-97(60-73)114(104-86(69-36-20-16-21-37-69)62-77(108(7,8)9)63-87(104)70-38-22-17-23-39-70)99-66-79(110(13,14)15)67-100-103(99)112(93)94-56-53-80(68-98(94)115(100)105-88(71-40-24-18-25-41-71)64-78(109(10,11)12)65-89(105)72-42-26-19-27-43-72)113-95-51-35-31-47-85(95)101-96(113)57-54-84-83-46-30-34-50-92(83)111(102(84)101)90-48-32-28-44-81(90)82-45-29-33-49-91(82)111/h16-68H,1-15H3. The zero-order chi connectivity index (χ0) is 79.1. The molecule has 20 rings (SSSR count). The second kappa shape index (κ2) is 25.9. The lowest BCUT2D eigenvalue weighted by Crippen LogP contribution is -2.61. The molecule has 16 aromatic rings. The molecule has 4 aliphatic rings. The lowest BCUT2D eigenvalue weighted by atomic mass is 9.33. The molecule has 0 radical (unpaired) electrons. The van der Waals surface area contributed by atoms with Crippen molar-refractivity contribution in [2.24, 2.45) is 0 Å². The van der Waals surface area contributed by atoms with Crippen molar-refractivity contribution in [1.29, 1.82) is 0 Å². The highest BCUT2D eigenvalue weighted by Gasteiger charge is 2.54. The van der Waals surface area contributed by atoms with Crippen LogP contribution in [-0.2, 0) is 32.5 Å². The normalized spacial score (nSPS) is 13.9. The summed E-state index contributed by atoms with van der Waals surface area (Å²) in [6.07, 6.45) is 0. The summed E-state index contributed by atoms with van der Waals surface area (Å²) in [5.74, 6) is 0. The molecule has 0 fully saturated rings. The molecule has 0 amide bonds. The van der Waals surface area contributed by atoms with Crippen molar-refractivity contribution in [1.82, 2.24) is 4.57 Å². The van der Waals surface area contributed by atoms with Gasteiger partial charge in [0.05, 0.1) is 27.8 Å². The molecule has 2 aliphatic heterocycles. The summed E-state index contributed by atoms with van der Waals surface area (Å²) in [4.78, 5) is 5.53. The molecular formula is C111H98BN3. The topological polar surface area (TPSA) is 11.4 Å². The van der Waals surface area contributed by atoms with Gasteiger partial charge in [0.25, 0.3) is 6.71 Å². The van der Waals surface area contributed by atoms with E-state index < -0.39 is 5.41 Å².